The van der Waals surface area contributed by atoms with Crippen LogP contribution < -0.4 is 0 Å². The van der Waals surface area contributed by atoms with E-state index in [0.717, 1.165) is 21.9 Å². The molecule has 3 heteroatoms. The zero-order valence-electron chi connectivity index (χ0n) is 11.3. The molecule has 0 radical (unpaired) electrons. The van der Waals surface area contributed by atoms with Crippen LogP contribution in [0.3, 0.4) is 0 Å². The maximum atomic E-state index is 13.5. The molecule has 3 aromatic rings. The molecule has 1 nitrogen and oxygen atoms in total. The Labute approximate surface area is 131 Å². The first kappa shape index (κ1) is 14.2. The Morgan fingerprint density at radius 2 is 1.71 bits per heavy atom. The number of rotatable bonds is 3. The quantitative estimate of drug-likeness (QED) is 0.707. The molecule has 0 aliphatic rings. The predicted molar refractivity (Wildman–Crippen MR) is 86.7 cm³/mol. The molecule has 21 heavy (non-hydrogen) atoms. The number of fused-ring (bicyclic) bond motifs is 1. The van der Waals surface area contributed by atoms with E-state index in [4.69, 9.17) is 0 Å². The van der Waals surface area contributed by atoms with Crippen LogP contribution in [-0.2, 0) is 6.42 Å². The van der Waals surface area contributed by atoms with Crippen molar-refractivity contribution in [3.8, 4) is 0 Å². The normalized spacial score (nSPS) is 12.5. The second kappa shape index (κ2) is 5.96. The van der Waals surface area contributed by atoms with Crippen LogP contribution >= 0.6 is 15.9 Å². The molecule has 0 bridgehead atoms. The van der Waals surface area contributed by atoms with Crippen molar-refractivity contribution in [3.05, 3.63) is 82.1 Å². The zero-order valence-corrected chi connectivity index (χ0v) is 12.8. The molecule has 0 saturated heterocycles. The fourth-order valence-corrected chi connectivity index (χ4v) is 2.87. The van der Waals surface area contributed by atoms with E-state index < -0.39 is 6.10 Å². The van der Waals surface area contributed by atoms with Crippen molar-refractivity contribution in [2.24, 2.45) is 0 Å². The predicted octanol–water partition coefficient (Wildman–Crippen LogP) is 5.02. The molecule has 1 N–H and O–H groups in total. The van der Waals surface area contributed by atoms with Gasteiger partial charge in [-0.15, -0.1) is 0 Å². The highest BCUT2D eigenvalue weighted by Gasteiger charge is 2.13. The van der Waals surface area contributed by atoms with Crippen molar-refractivity contribution in [3.63, 3.8) is 0 Å². The van der Waals surface area contributed by atoms with Crippen molar-refractivity contribution >= 4 is 26.7 Å². The smallest absolute Gasteiger partial charge is 0.137 e. The molecule has 0 saturated carbocycles. The van der Waals surface area contributed by atoms with E-state index in [1.807, 2.05) is 48.5 Å². The summed E-state index contributed by atoms with van der Waals surface area (Å²) in [4.78, 5) is 0. The standard InChI is InChI=1S/C18H14BrFO/c19-18-15(6-3-7-16(18)20)11-17(21)14-9-8-12-4-1-2-5-13(12)10-14/h1-10,17,21H,11H2. The first-order chi connectivity index (χ1) is 10.1. The lowest BCUT2D eigenvalue weighted by Crippen LogP contribution is -2.03. The largest absolute Gasteiger partial charge is 0.388 e. The molecular weight excluding hydrogens is 331 g/mol. The third-order valence-corrected chi connectivity index (χ3v) is 4.49. The molecule has 3 aromatic carbocycles. The first-order valence-corrected chi connectivity index (χ1v) is 7.54. The average Bonchev–Trinajstić information content (AvgIpc) is 2.51. The van der Waals surface area contributed by atoms with E-state index in [9.17, 15) is 9.50 Å². The Morgan fingerprint density at radius 1 is 0.952 bits per heavy atom. The zero-order chi connectivity index (χ0) is 14.8. The third-order valence-electron chi connectivity index (χ3n) is 3.60. The number of hydrogen-bond donors (Lipinski definition) is 1. The molecule has 0 heterocycles. The second-order valence-corrected chi connectivity index (χ2v) is 5.83. The summed E-state index contributed by atoms with van der Waals surface area (Å²) in [6.07, 6.45) is -0.288. The van der Waals surface area contributed by atoms with Crippen LogP contribution in [-0.4, -0.2) is 5.11 Å². The summed E-state index contributed by atoms with van der Waals surface area (Å²) in [5.41, 5.74) is 1.60. The molecular formula is C18H14BrFO. The van der Waals surface area contributed by atoms with Gasteiger partial charge in [-0.1, -0.05) is 48.5 Å². The van der Waals surface area contributed by atoms with Gasteiger partial charge in [0.25, 0.3) is 0 Å². The van der Waals surface area contributed by atoms with Crippen LogP contribution in [0.25, 0.3) is 10.8 Å². The highest BCUT2D eigenvalue weighted by molar-refractivity contribution is 9.10. The molecule has 1 unspecified atom stereocenters. The number of aliphatic hydroxyl groups excluding tert-OH is 1. The summed E-state index contributed by atoms with van der Waals surface area (Å²) < 4.78 is 13.9. The number of halogens is 2. The highest BCUT2D eigenvalue weighted by atomic mass is 79.9. The fourth-order valence-electron chi connectivity index (χ4n) is 2.45. The minimum atomic E-state index is -0.660. The van der Waals surface area contributed by atoms with Crippen molar-refractivity contribution in [1.82, 2.24) is 0 Å². The van der Waals surface area contributed by atoms with Gasteiger partial charge in [0, 0.05) is 6.42 Å². The summed E-state index contributed by atoms with van der Waals surface area (Å²) in [6, 6.07) is 18.8. The Bertz CT molecular complexity index is 785. The Hall–Kier alpha value is -1.71. The maximum Gasteiger partial charge on any atom is 0.137 e. The van der Waals surface area contributed by atoms with Gasteiger partial charge >= 0.3 is 0 Å². The summed E-state index contributed by atoms with van der Waals surface area (Å²) in [6.45, 7) is 0. The van der Waals surface area contributed by atoms with Gasteiger partial charge in [0.15, 0.2) is 0 Å². The van der Waals surface area contributed by atoms with E-state index in [-0.39, 0.29) is 5.82 Å². The lowest BCUT2D eigenvalue weighted by atomic mass is 9.98. The number of aliphatic hydroxyl groups is 1. The average molecular weight is 345 g/mol. The van der Waals surface area contributed by atoms with Crippen molar-refractivity contribution in [1.29, 1.82) is 0 Å². The van der Waals surface area contributed by atoms with Crippen LogP contribution in [0.5, 0.6) is 0 Å². The highest BCUT2D eigenvalue weighted by Crippen LogP contribution is 2.27. The summed E-state index contributed by atoms with van der Waals surface area (Å²) in [5, 5.41) is 12.6. The Kier molecular flexibility index (Phi) is 4.04. The van der Waals surface area contributed by atoms with Crippen molar-refractivity contribution in [2.75, 3.05) is 0 Å². The lowest BCUT2D eigenvalue weighted by Gasteiger charge is -2.13. The van der Waals surface area contributed by atoms with Gasteiger partial charge in [-0.2, -0.15) is 0 Å². The van der Waals surface area contributed by atoms with Crippen LogP contribution in [0, 0.1) is 5.82 Å². The lowest BCUT2D eigenvalue weighted by molar-refractivity contribution is 0.178. The second-order valence-electron chi connectivity index (χ2n) is 5.04. The molecule has 106 valence electrons. The molecule has 0 spiro atoms. The van der Waals surface area contributed by atoms with Gasteiger partial charge in [-0.3, -0.25) is 0 Å². The van der Waals surface area contributed by atoms with Gasteiger partial charge in [0.05, 0.1) is 10.6 Å². The van der Waals surface area contributed by atoms with E-state index >= 15 is 0 Å². The fraction of sp³-hybridized carbons (Fsp3) is 0.111. The van der Waals surface area contributed by atoms with E-state index in [2.05, 4.69) is 15.9 Å². The summed E-state index contributed by atoms with van der Waals surface area (Å²) in [5.74, 6) is -0.307. The van der Waals surface area contributed by atoms with Crippen LogP contribution in [0.15, 0.2) is 65.1 Å². The molecule has 0 aliphatic carbocycles. The first-order valence-electron chi connectivity index (χ1n) is 6.75. The SMILES string of the molecule is OC(Cc1cccc(F)c1Br)c1ccc2ccccc2c1. The number of benzene rings is 3. The minimum absolute atomic E-state index is 0.307. The molecule has 3 rings (SSSR count). The van der Waals surface area contributed by atoms with Crippen LogP contribution in [0.2, 0.25) is 0 Å². The van der Waals surface area contributed by atoms with Crippen molar-refractivity contribution in [2.45, 2.75) is 12.5 Å². The Morgan fingerprint density at radius 3 is 2.52 bits per heavy atom. The Balaban J connectivity index is 1.89. The van der Waals surface area contributed by atoms with E-state index in [1.54, 1.807) is 6.07 Å². The van der Waals surface area contributed by atoms with Crippen LogP contribution in [0.4, 0.5) is 4.39 Å². The van der Waals surface area contributed by atoms with Crippen molar-refractivity contribution < 1.29 is 9.50 Å². The monoisotopic (exact) mass is 344 g/mol. The minimum Gasteiger partial charge on any atom is -0.388 e. The summed E-state index contributed by atoms with van der Waals surface area (Å²) in [7, 11) is 0. The number of hydrogen-bond acceptors (Lipinski definition) is 1. The summed E-state index contributed by atoms with van der Waals surface area (Å²) >= 11 is 3.23. The third kappa shape index (κ3) is 2.99. The molecule has 0 amide bonds. The van der Waals surface area contributed by atoms with Gasteiger partial charge < -0.3 is 5.11 Å². The molecule has 1 atom stereocenters. The maximum absolute atomic E-state index is 13.5. The van der Waals surface area contributed by atoms with Crippen LogP contribution in [0.1, 0.15) is 17.2 Å². The van der Waals surface area contributed by atoms with Gasteiger partial charge in [-0.05, 0) is 50.0 Å². The van der Waals surface area contributed by atoms with Gasteiger partial charge in [0.2, 0.25) is 0 Å². The molecule has 0 aliphatic heterocycles. The molecule has 0 fully saturated rings. The topological polar surface area (TPSA) is 20.2 Å². The van der Waals surface area contributed by atoms with E-state index in [1.165, 1.54) is 6.07 Å². The van der Waals surface area contributed by atoms with E-state index in [0.29, 0.717) is 10.9 Å². The van der Waals surface area contributed by atoms with Gasteiger partial charge in [0.1, 0.15) is 5.82 Å². The molecule has 0 aromatic heterocycles. The van der Waals surface area contributed by atoms with Gasteiger partial charge in [-0.25, -0.2) is 4.39 Å².